The second-order valence-corrected chi connectivity index (χ2v) is 6.59. The summed E-state index contributed by atoms with van der Waals surface area (Å²) in [4.78, 5) is 24.9. The third kappa shape index (κ3) is 2.42. The van der Waals surface area contributed by atoms with Gasteiger partial charge in [-0.05, 0) is 24.6 Å². The van der Waals surface area contributed by atoms with Gasteiger partial charge in [0, 0.05) is 36.8 Å². The summed E-state index contributed by atoms with van der Waals surface area (Å²) in [5.74, 6) is -0.193. The Labute approximate surface area is 148 Å². The molecule has 1 atom stereocenters. The van der Waals surface area contributed by atoms with Crippen molar-refractivity contribution in [1.82, 2.24) is 19.1 Å². The molecule has 0 spiro atoms. The van der Waals surface area contributed by atoms with Crippen molar-refractivity contribution in [3.8, 4) is 11.1 Å². The maximum absolute atomic E-state index is 14.7. The first kappa shape index (κ1) is 16.2. The number of aryl methyl sites for hydroxylation is 1. The van der Waals surface area contributed by atoms with Gasteiger partial charge in [-0.3, -0.25) is 9.56 Å². The Kier molecular flexibility index (Phi) is 3.50. The Hall–Kier alpha value is -3.29. The number of hydrogen-bond acceptors (Lipinski definition) is 5. The van der Waals surface area contributed by atoms with E-state index in [9.17, 15) is 9.18 Å². The second kappa shape index (κ2) is 5.62. The molecule has 0 amide bonds. The number of imidazole rings is 1. The van der Waals surface area contributed by atoms with Gasteiger partial charge in [0.25, 0.3) is 0 Å². The number of rotatable bonds is 2. The summed E-state index contributed by atoms with van der Waals surface area (Å²) in [6.45, 7) is 1.97. The second-order valence-electron chi connectivity index (χ2n) is 6.59. The van der Waals surface area contributed by atoms with E-state index in [1.165, 1.54) is 21.5 Å². The molecular weight excluding hydrogens is 335 g/mol. The van der Waals surface area contributed by atoms with Crippen LogP contribution in [0.2, 0.25) is 0 Å². The van der Waals surface area contributed by atoms with Gasteiger partial charge in [-0.2, -0.15) is 0 Å². The molecule has 26 heavy (non-hydrogen) atoms. The number of hydrogen-bond donors (Lipinski definition) is 1. The maximum Gasteiger partial charge on any atom is 0.328 e. The van der Waals surface area contributed by atoms with Crippen molar-refractivity contribution in [3.05, 3.63) is 70.7 Å². The summed E-state index contributed by atoms with van der Waals surface area (Å²) in [6.07, 6.45) is 6.38. The van der Waals surface area contributed by atoms with Crippen LogP contribution < -0.4 is 11.4 Å². The van der Waals surface area contributed by atoms with Crippen molar-refractivity contribution in [2.45, 2.75) is 19.0 Å². The first-order chi connectivity index (χ1) is 12.4. The predicted molar refractivity (Wildman–Crippen MR) is 95.2 cm³/mol. The lowest BCUT2D eigenvalue weighted by atomic mass is 9.88. The minimum absolute atomic E-state index is 0.203. The summed E-state index contributed by atoms with van der Waals surface area (Å²) in [6, 6.07) is 4.76. The highest BCUT2D eigenvalue weighted by molar-refractivity contribution is 5.96. The van der Waals surface area contributed by atoms with Gasteiger partial charge in [-0.25, -0.2) is 19.2 Å². The van der Waals surface area contributed by atoms with E-state index in [1.807, 2.05) is 0 Å². The standard InChI is InChI=1S/C18H17FN6O/c1-18(9-25-15(16(20)23-18)8-24(2)17(25)26)13-5-11(3-4-14(13)19)12-6-21-10-22-7-12/h3-8,10H,9H2,1-2H3,(H2,20,23)/t18-/m0/s1. The molecule has 0 aliphatic carbocycles. The fourth-order valence-electron chi connectivity index (χ4n) is 3.34. The van der Waals surface area contributed by atoms with Crippen LogP contribution in [-0.4, -0.2) is 24.9 Å². The Morgan fingerprint density at radius 3 is 2.69 bits per heavy atom. The smallest absolute Gasteiger partial charge is 0.328 e. The lowest BCUT2D eigenvalue weighted by molar-refractivity contribution is 0.377. The minimum atomic E-state index is -1.00. The SMILES string of the molecule is Cn1cc2n(c1=O)C[C@@](C)(c1cc(-c3cncnc3)ccc1F)N=C2N. The van der Waals surface area contributed by atoms with E-state index in [0.29, 0.717) is 11.3 Å². The molecule has 0 fully saturated rings. The highest BCUT2D eigenvalue weighted by Crippen LogP contribution is 2.35. The lowest BCUT2D eigenvalue weighted by Crippen LogP contribution is -2.41. The van der Waals surface area contributed by atoms with Gasteiger partial charge < -0.3 is 10.3 Å². The highest BCUT2D eigenvalue weighted by Gasteiger charge is 2.36. The molecule has 0 saturated heterocycles. The number of benzene rings is 1. The van der Waals surface area contributed by atoms with Crippen molar-refractivity contribution >= 4 is 5.84 Å². The van der Waals surface area contributed by atoms with Gasteiger partial charge in [0.05, 0.1) is 6.54 Å². The zero-order valence-corrected chi connectivity index (χ0v) is 14.3. The van der Waals surface area contributed by atoms with Crippen LogP contribution in [0.25, 0.3) is 11.1 Å². The number of fused-ring (bicyclic) bond motifs is 1. The van der Waals surface area contributed by atoms with Crippen LogP contribution >= 0.6 is 0 Å². The van der Waals surface area contributed by atoms with E-state index in [-0.39, 0.29) is 18.1 Å². The minimum Gasteiger partial charge on any atom is -0.382 e. The zero-order valence-electron chi connectivity index (χ0n) is 14.3. The van der Waals surface area contributed by atoms with Crippen molar-refractivity contribution in [2.24, 2.45) is 17.8 Å². The fraction of sp³-hybridized carbons (Fsp3) is 0.222. The quantitative estimate of drug-likeness (QED) is 0.755. The first-order valence-corrected chi connectivity index (χ1v) is 8.06. The topological polar surface area (TPSA) is 91.1 Å². The molecule has 0 saturated carbocycles. The van der Waals surface area contributed by atoms with Gasteiger partial charge in [0.2, 0.25) is 0 Å². The molecule has 3 aromatic rings. The number of aliphatic imine (C=N–C) groups is 1. The normalized spacial score (nSPS) is 19.1. The molecule has 0 radical (unpaired) electrons. The third-order valence-corrected chi connectivity index (χ3v) is 4.68. The van der Waals surface area contributed by atoms with Crippen molar-refractivity contribution < 1.29 is 4.39 Å². The van der Waals surface area contributed by atoms with E-state index in [1.54, 1.807) is 44.7 Å². The van der Waals surface area contributed by atoms with E-state index >= 15 is 0 Å². The monoisotopic (exact) mass is 352 g/mol. The summed E-state index contributed by atoms with van der Waals surface area (Å²) in [5, 5.41) is 0. The lowest BCUT2D eigenvalue weighted by Gasteiger charge is -2.31. The Balaban J connectivity index is 1.86. The van der Waals surface area contributed by atoms with E-state index < -0.39 is 11.4 Å². The largest absolute Gasteiger partial charge is 0.382 e. The van der Waals surface area contributed by atoms with Gasteiger partial charge >= 0.3 is 5.69 Å². The van der Waals surface area contributed by atoms with Crippen LogP contribution in [-0.2, 0) is 19.1 Å². The molecule has 1 aromatic carbocycles. The summed E-state index contributed by atoms with van der Waals surface area (Å²) in [7, 11) is 1.65. The summed E-state index contributed by atoms with van der Waals surface area (Å²) >= 11 is 0. The number of halogens is 1. The molecule has 1 aliphatic heterocycles. The first-order valence-electron chi connectivity index (χ1n) is 8.06. The van der Waals surface area contributed by atoms with Crippen molar-refractivity contribution in [2.75, 3.05) is 0 Å². The van der Waals surface area contributed by atoms with Crippen LogP contribution in [0.4, 0.5) is 4.39 Å². The number of aromatic nitrogens is 4. The predicted octanol–water partition coefficient (Wildman–Crippen LogP) is 1.42. The van der Waals surface area contributed by atoms with Crippen LogP contribution in [0.5, 0.6) is 0 Å². The van der Waals surface area contributed by atoms with E-state index in [0.717, 1.165) is 11.1 Å². The molecule has 1 aliphatic rings. The Morgan fingerprint density at radius 2 is 1.96 bits per heavy atom. The summed E-state index contributed by atoms with van der Waals surface area (Å²) in [5.41, 5.74) is 7.30. The molecule has 2 aromatic heterocycles. The molecular formula is C18H17FN6O. The summed E-state index contributed by atoms with van der Waals surface area (Å²) < 4.78 is 17.7. The van der Waals surface area contributed by atoms with Crippen LogP contribution in [0, 0.1) is 5.82 Å². The molecule has 0 bridgehead atoms. The molecule has 132 valence electrons. The average Bonchev–Trinajstić information content (AvgIpc) is 2.91. The van der Waals surface area contributed by atoms with Gasteiger partial charge in [-0.1, -0.05) is 6.07 Å². The van der Waals surface area contributed by atoms with E-state index in [2.05, 4.69) is 15.0 Å². The third-order valence-electron chi connectivity index (χ3n) is 4.68. The Morgan fingerprint density at radius 1 is 1.23 bits per heavy atom. The molecule has 4 rings (SSSR count). The fourth-order valence-corrected chi connectivity index (χ4v) is 3.34. The maximum atomic E-state index is 14.7. The van der Waals surface area contributed by atoms with Gasteiger partial charge in [0.1, 0.15) is 29.2 Å². The number of nitrogens with zero attached hydrogens (tertiary/aromatic N) is 5. The van der Waals surface area contributed by atoms with Crippen LogP contribution in [0.3, 0.4) is 0 Å². The van der Waals surface area contributed by atoms with Crippen LogP contribution in [0.15, 0.2) is 52.9 Å². The molecule has 0 unspecified atom stereocenters. The Bertz CT molecular complexity index is 1080. The number of amidine groups is 1. The highest BCUT2D eigenvalue weighted by atomic mass is 19.1. The van der Waals surface area contributed by atoms with Crippen molar-refractivity contribution in [1.29, 1.82) is 0 Å². The average molecular weight is 352 g/mol. The molecule has 7 nitrogen and oxygen atoms in total. The van der Waals surface area contributed by atoms with Gasteiger partial charge in [0.15, 0.2) is 0 Å². The van der Waals surface area contributed by atoms with Gasteiger partial charge in [-0.15, -0.1) is 0 Å². The van der Waals surface area contributed by atoms with Crippen molar-refractivity contribution in [3.63, 3.8) is 0 Å². The number of nitrogens with two attached hydrogens (primary N) is 1. The molecule has 2 N–H and O–H groups in total. The van der Waals surface area contributed by atoms with E-state index in [4.69, 9.17) is 5.73 Å². The molecule has 3 heterocycles. The van der Waals surface area contributed by atoms with Crippen LogP contribution in [0.1, 0.15) is 18.2 Å². The zero-order chi connectivity index (χ0) is 18.5. The molecule has 8 heteroatoms.